The predicted molar refractivity (Wildman–Crippen MR) is 132 cm³/mol. The molecule has 1 aromatic heterocycles. The van der Waals surface area contributed by atoms with Gasteiger partial charge in [-0.2, -0.15) is 0 Å². The third-order valence-electron chi connectivity index (χ3n) is 6.43. The highest BCUT2D eigenvalue weighted by molar-refractivity contribution is 7.15. The van der Waals surface area contributed by atoms with Crippen molar-refractivity contribution < 1.29 is 14.6 Å². The number of nitrogens with zero attached hydrogens (tertiary/aromatic N) is 2. The zero-order valence-corrected chi connectivity index (χ0v) is 20.8. The monoisotopic (exact) mass is 464 g/mol. The average molecular weight is 465 g/mol. The molecule has 2 heterocycles. The quantitative estimate of drug-likeness (QED) is 0.459. The fraction of sp³-hybridized carbons (Fsp3) is 0.407. The van der Waals surface area contributed by atoms with Gasteiger partial charge in [0.05, 0.1) is 17.3 Å². The SMILES string of the molecule is Cc1nc(-c2ccc(C(C)N3CCC(CC(C)(C)O)(c4ccccc4)OC3=O)cc2)sc1C. The molecule has 4 rings (SSSR count). The molecule has 3 aromatic rings. The first kappa shape index (κ1) is 23.5. The molecule has 1 amide bonds. The number of aliphatic hydroxyl groups is 1. The van der Waals surface area contributed by atoms with Crippen LogP contribution in [0.2, 0.25) is 0 Å². The lowest BCUT2D eigenvalue weighted by atomic mass is 9.80. The van der Waals surface area contributed by atoms with Crippen LogP contribution in [-0.2, 0) is 10.3 Å². The van der Waals surface area contributed by atoms with Crippen molar-refractivity contribution in [2.45, 2.75) is 64.7 Å². The predicted octanol–water partition coefficient (Wildman–Crippen LogP) is 6.39. The van der Waals surface area contributed by atoms with Gasteiger partial charge in [0.2, 0.25) is 0 Å². The first-order chi connectivity index (χ1) is 15.6. The number of cyclic esters (lactones) is 1. The number of rotatable bonds is 6. The molecule has 1 aliphatic heterocycles. The summed E-state index contributed by atoms with van der Waals surface area (Å²) in [6.07, 6.45) is 0.615. The normalized spacial score (nSPS) is 19.9. The molecule has 2 atom stereocenters. The fourth-order valence-electron chi connectivity index (χ4n) is 4.57. The first-order valence-electron chi connectivity index (χ1n) is 11.4. The lowest BCUT2D eigenvalue weighted by molar-refractivity contribution is -0.101. The van der Waals surface area contributed by atoms with Gasteiger partial charge in [0.25, 0.3) is 0 Å². The number of aryl methyl sites for hydroxylation is 2. The lowest BCUT2D eigenvalue weighted by Crippen LogP contribution is -2.51. The Morgan fingerprint density at radius 3 is 2.36 bits per heavy atom. The molecule has 1 saturated heterocycles. The highest BCUT2D eigenvalue weighted by Gasteiger charge is 2.46. The summed E-state index contributed by atoms with van der Waals surface area (Å²) in [5, 5.41) is 11.6. The second-order valence-electron chi connectivity index (χ2n) is 9.62. The highest BCUT2D eigenvalue weighted by Crippen LogP contribution is 2.42. The van der Waals surface area contributed by atoms with Gasteiger partial charge in [0.1, 0.15) is 10.6 Å². The molecule has 1 N–H and O–H groups in total. The largest absolute Gasteiger partial charge is 0.438 e. The Bertz CT molecular complexity index is 1100. The summed E-state index contributed by atoms with van der Waals surface area (Å²) in [6, 6.07) is 17.9. The van der Waals surface area contributed by atoms with Crippen LogP contribution in [0.25, 0.3) is 10.6 Å². The molecule has 0 aliphatic carbocycles. The molecule has 0 saturated carbocycles. The number of carbonyl (C=O) groups is 1. The number of carbonyl (C=O) groups excluding carboxylic acids is 1. The van der Waals surface area contributed by atoms with E-state index in [1.165, 1.54) is 4.88 Å². The van der Waals surface area contributed by atoms with Crippen LogP contribution in [0.3, 0.4) is 0 Å². The van der Waals surface area contributed by atoms with Crippen LogP contribution in [0.1, 0.15) is 61.4 Å². The first-order valence-corrected chi connectivity index (χ1v) is 12.2. The van der Waals surface area contributed by atoms with E-state index in [1.54, 1.807) is 30.1 Å². The van der Waals surface area contributed by atoms with Crippen molar-refractivity contribution >= 4 is 17.4 Å². The van der Waals surface area contributed by atoms with E-state index < -0.39 is 11.2 Å². The number of amides is 1. The molecule has 0 radical (unpaired) electrons. The summed E-state index contributed by atoms with van der Waals surface area (Å²) < 4.78 is 6.12. The van der Waals surface area contributed by atoms with Gasteiger partial charge in [-0.15, -0.1) is 11.3 Å². The summed E-state index contributed by atoms with van der Waals surface area (Å²) in [5.41, 5.74) is 2.32. The maximum absolute atomic E-state index is 13.2. The molecule has 2 aromatic carbocycles. The van der Waals surface area contributed by atoms with E-state index in [4.69, 9.17) is 4.74 Å². The van der Waals surface area contributed by atoms with Crippen LogP contribution in [0.15, 0.2) is 54.6 Å². The molecule has 0 spiro atoms. The van der Waals surface area contributed by atoms with Gasteiger partial charge >= 0.3 is 6.09 Å². The van der Waals surface area contributed by atoms with Gasteiger partial charge in [-0.25, -0.2) is 9.78 Å². The van der Waals surface area contributed by atoms with Crippen molar-refractivity contribution in [2.75, 3.05) is 6.54 Å². The third-order valence-corrected chi connectivity index (χ3v) is 7.55. The van der Waals surface area contributed by atoms with E-state index in [2.05, 4.69) is 36.2 Å². The number of hydrogen-bond acceptors (Lipinski definition) is 5. The van der Waals surface area contributed by atoms with Crippen LogP contribution in [0.5, 0.6) is 0 Å². The van der Waals surface area contributed by atoms with Gasteiger partial charge < -0.3 is 14.7 Å². The fourth-order valence-corrected chi connectivity index (χ4v) is 5.49. The number of benzene rings is 2. The molecule has 6 heteroatoms. The maximum Gasteiger partial charge on any atom is 0.411 e. The topological polar surface area (TPSA) is 62.7 Å². The van der Waals surface area contributed by atoms with Crippen molar-refractivity contribution in [3.8, 4) is 10.6 Å². The number of ether oxygens (including phenoxy) is 1. The molecule has 33 heavy (non-hydrogen) atoms. The van der Waals surface area contributed by atoms with Crippen LogP contribution in [0, 0.1) is 13.8 Å². The van der Waals surface area contributed by atoms with E-state index in [0.29, 0.717) is 19.4 Å². The molecule has 174 valence electrons. The van der Waals surface area contributed by atoms with Crippen LogP contribution < -0.4 is 0 Å². The Hall–Kier alpha value is -2.70. The second kappa shape index (κ2) is 8.92. The Kier molecular flexibility index (Phi) is 6.34. The summed E-state index contributed by atoms with van der Waals surface area (Å²) in [4.78, 5) is 20.9. The maximum atomic E-state index is 13.2. The summed E-state index contributed by atoms with van der Waals surface area (Å²) in [5.74, 6) is 0. The van der Waals surface area contributed by atoms with Crippen LogP contribution in [-0.4, -0.2) is 33.2 Å². The molecule has 1 aliphatic rings. The molecule has 1 fully saturated rings. The number of thiazole rings is 1. The minimum Gasteiger partial charge on any atom is -0.438 e. The summed E-state index contributed by atoms with van der Waals surface area (Å²) in [6.45, 7) is 10.2. The Morgan fingerprint density at radius 2 is 1.82 bits per heavy atom. The van der Waals surface area contributed by atoms with E-state index in [9.17, 15) is 9.90 Å². The van der Waals surface area contributed by atoms with Gasteiger partial charge in [-0.1, -0.05) is 54.6 Å². The summed E-state index contributed by atoms with van der Waals surface area (Å²) >= 11 is 1.70. The smallest absolute Gasteiger partial charge is 0.411 e. The molecular formula is C27H32N2O3S. The molecular weight excluding hydrogens is 432 g/mol. The average Bonchev–Trinajstić information content (AvgIpc) is 3.11. The number of aromatic nitrogens is 1. The number of hydrogen-bond donors (Lipinski definition) is 1. The van der Waals surface area contributed by atoms with E-state index >= 15 is 0 Å². The zero-order valence-electron chi connectivity index (χ0n) is 20.0. The van der Waals surface area contributed by atoms with Gasteiger partial charge in [-0.3, -0.25) is 0 Å². The summed E-state index contributed by atoms with van der Waals surface area (Å²) in [7, 11) is 0. The Balaban J connectivity index is 1.53. The van der Waals surface area contributed by atoms with Gasteiger partial charge in [-0.05, 0) is 45.7 Å². The van der Waals surface area contributed by atoms with E-state index in [0.717, 1.165) is 27.4 Å². The molecule has 5 nitrogen and oxygen atoms in total. The highest BCUT2D eigenvalue weighted by atomic mass is 32.1. The van der Waals surface area contributed by atoms with Crippen molar-refractivity contribution in [2.24, 2.45) is 0 Å². The van der Waals surface area contributed by atoms with E-state index in [1.807, 2.05) is 44.2 Å². The van der Waals surface area contributed by atoms with Crippen molar-refractivity contribution in [3.05, 3.63) is 76.3 Å². The van der Waals surface area contributed by atoms with Crippen molar-refractivity contribution in [3.63, 3.8) is 0 Å². The van der Waals surface area contributed by atoms with E-state index in [-0.39, 0.29) is 12.1 Å². The molecule has 0 bridgehead atoms. The minimum atomic E-state index is -0.966. The molecule has 2 unspecified atom stereocenters. The third kappa shape index (κ3) is 4.97. The van der Waals surface area contributed by atoms with Gasteiger partial charge in [0, 0.05) is 29.8 Å². The Labute approximate surface area is 200 Å². The van der Waals surface area contributed by atoms with Crippen molar-refractivity contribution in [1.82, 2.24) is 9.88 Å². The Morgan fingerprint density at radius 1 is 1.15 bits per heavy atom. The van der Waals surface area contributed by atoms with Gasteiger partial charge in [0.15, 0.2) is 0 Å². The standard InChI is InChI=1S/C27H32N2O3S/c1-18-20(3)33-24(28-18)22-13-11-21(12-14-22)19(2)29-16-15-27(32-25(29)30,17-26(4,5)31)23-9-7-6-8-10-23/h6-14,19,31H,15-17H2,1-5H3. The zero-order chi connectivity index (χ0) is 23.8. The van der Waals surface area contributed by atoms with Crippen LogP contribution in [0.4, 0.5) is 4.79 Å². The lowest BCUT2D eigenvalue weighted by Gasteiger charge is -2.45. The second-order valence-corrected chi connectivity index (χ2v) is 10.8. The minimum absolute atomic E-state index is 0.123. The van der Waals surface area contributed by atoms with Crippen molar-refractivity contribution in [1.29, 1.82) is 0 Å². The van der Waals surface area contributed by atoms with Crippen LogP contribution >= 0.6 is 11.3 Å².